The summed E-state index contributed by atoms with van der Waals surface area (Å²) in [6.45, 7) is 13.9. The molecule has 76 heavy (non-hydrogen) atoms. The van der Waals surface area contributed by atoms with Crippen molar-refractivity contribution in [2.24, 2.45) is 0 Å². The summed E-state index contributed by atoms with van der Waals surface area (Å²) in [5.74, 6) is 0.602. The van der Waals surface area contributed by atoms with Crippen LogP contribution in [0.25, 0.3) is 66.9 Å². The number of hydrogen-bond acceptors (Lipinski definition) is 3. The van der Waals surface area contributed by atoms with E-state index in [1.54, 1.807) is 0 Å². The van der Waals surface area contributed by atoms with E-state index in [0.29, 0.717) is 11.8 Å². The van der Waals surface area contributed by atoms with Gasteiger partial charge in [0.1, 0.15) is 0 Å². The summed E-state index contributed by atoms with van der Waals surface area (Å²) in [5.41, 5.74) is 21.2. The highest BCUT2D eigenvalue weighted by molar-refractivity contribution is 5.80. The van der Waals surface area contributed by atoms with Crippen LogP contribution in [0.2, 0.25) is 0 Å². The Kier molecular flexibility index (Phi) is 13.8. The van der Waals surface area contributed by atoms with Gasteiger partial charge in [0.05, 0.1) is 33.6 Å². The second-order valence-electron chi connectivity index (χ2n) is 21.1. The first-order valence-electron chi connectivity index (χ1n) is 26.7. The molecule has 0 saturated carbocycles. The van der Waals surface area contributed by atoms with Crippen molar-refractivity contribution in [3.8, 4) is 66.9 Å². The molecule has 0 fully saturated rings. The van der Waals surface area contributed by atoms with E-state index in [4.69, 9.17) is 15.0 Å². The molecule has 0 aliphatic carbocycles. The number of hydrogen-bond donors (Lipinski definition) is 0. The second kappa shape index (κ2) is 21.2. The maximum atomic E-state index is 5.75. The first kappa shape index (κ1) is 49.4. The summed E-state index contributed by atoms with van der Waals surface area (Å²) in [5, 5.41) is 0. The molecular weight excluding hydrogens is 919 g/mol. The molecule has 3 aromatic heterocycles. The van der Waals surface area contributed by atoms with Crippen molar-refractivity contribution in [1.82, 2.24) is 15.0 Å². The molecule has 0 amide bonds. The lowest BCUT2D eigenvalue weighted by molar-refractivity contribution is 0.642. The lowest BCUT2D eigenvalue weighted by Crippen LogP contribution is -2.28. The van der Waals surface area contributed by atoms with E-state index in [0.717, 1.165) is 67.3 Å². The fourth-order valence-electron chi connectivity index (χ4n) is 11.1. The van der Waals surface area contributed by atoms with Gasteiger partial charge in [-0.15, -0.1) is 0 Å². The summed E-state index contributed by atoms with van der Waals surface area (Å²) in [6.07, 6.45) is 3.91. The largest absolute Gasteiger partial charge is 0.260 e. The van der Waals surface area contributed by atoms with Crippen LogP contribution in [-0.4, -0.2) is 15.0 Å². The van der Waals surface area contributed by atoms with E-state index in [1.807, 2.05) is 18.5 Å². The van der Waals surface area contributed by atoms with Crippen LogP contribution >= 0.6 is 0 Å². The highest BCUT2D eigenvalue weighted by atomic mass is 14.8. The van der Waals surface area contributed by atoms with Gasteiger partial charge < -0.3 is 0 Å². The first-order chi connectivity index (χ1) is 37.1. The minimum absolute atomic E-state index is 0.301. The molecule has 8 aromatic carbocycles. The molecular formula is C73H63N3. The van der Waals surface area contributed by atoms with Crippen LogP contribution in [0, 0.1) is 0 Å². The van der Waals surface area contributed by atoms with Crippen molar-refractivity contribution in [3.05, 3.63) is 306 Å². The summed E-state index contributed by atoms with van der Waals surface area (Å²) < 4.78 is 0. The molecule has 0 bridgehead atoms. The normalized spacial score (nSPS) is 13.1. The predicted molar refractivity (Wildman–Crippen MR) is 318 cm³/mol. The van der Waals surface area contributed by atoms with Crippen molar-refractivity contribution in [3.63, 3.8) is 0 Å². The quantitative estimate of drug-likeness (QED) is 0.109. The molecule has 0 aliphatic heterocycles. The topological polar surface area (TPSA) is 38.7 Å². The molecule has 0 N–H and O–H groups in total. The molecule has 11 rings (SSSR count). The molecule has 370 valence electrons. The van der Waals surface area contributed by atoms with E-state index in [2.05, 4.69) is 284 Å². The highest BCUT2D eigenvalue weighted by Gasteiger charge is 2.37. The Labute approximate surface area is 449 Å². The third kappa shape index (κ3) is 9.62. The van der Waals surface area contributed by atoms with E-state index >= 15 is 0 Å². The SMILES string of the molecule is CC(C)c1cc(-c2ccccc2)cc(C(C)C)c1-c1ccnc(C(C)(c2ccccc2)c2cccc(-c3cc(-c4ccccc4)cc(C(C)(c4cccc(-c5ccc(-c6ccccc6)cc5)c4)c4ccccn4)n3)c2)c1. The standard InChI is InChI=1S/C73H63N3/c1-50(2)65-45-60(53-25-13-8-14-26-53)46-66(51(3)4)71(65)59-40-42-75-69(48-59)72(5,62-31-17-10-18-32-62)63-33-22-30-58(44-63)67-47-61(54-27-15-9-16-28-54)49-70(76-67)73(6,68-35-19-20-41-74-68)64-34-21-29-57(43-64)56-38-36-55(37-39-56)52-23-11-7-12-24-52/h7-51H,1-6H3. The van der Waals surface area contributed by atoms with Gasteiger partial charge in [0, 0.05) is 18.0 Å². The molecule has 3 heteroatoms. The molecule has 3 nitrogen and oxygen atoms in total. The average molecular weight is 982 g/mol. The van der Waals surface area contributed by atoms with Crippen molar-refractivity contribution in [1.29, 1.82) is 0 Å². The van der Waals surface area contributed by atoms with Gasteiger partial charge >= 0.3 is 0 Å². The van der Waals surface area contributed by atoms with Gasteiger partial charge in [-0.3, -0.25) is 15.0 Å². The number of benzene rings is 8. The van der Waals surface area contributed by atoms with Crippen LogP contribution < -0.4 is 0 Å². The Bertz CT molecular complexity index is 3730. The second-order valence-corrected chi connectivity index (χ2v) is 21.1. The molecule has 0 spiro atoms. The Morgan fingerprint density at radius 3 is 1.29 bits per heavy atom. The van der Waals surface area contributed by atoms with Gasteiger partial charge in [-0.05, 0) is 158 Å². The number of aromatic nitrogens is 3. The molecule has 0 radical (unpaired) electrons. The van der Waals surface area contributed by atoms with Crippen LogP contribution in [0.5, 0.6) is 0 Å². The van der Waals surface area contributed by atoms with Crippen LogP contribution in [-0.2, 0) is 10.8 Å². The molecule has 3 heterocycles. The van der Waals surface area contributed by atoms with Gasteiger partial charge in [-0.1, -0.05) is 228 Å². The Hall–Kier alpha value is -8.79. The highest BCUT2D eigenvalue weighted by Crippen LogP contribution is 2.46. The van der Waals surface area contributed by atoms with E-state index in [-0.39, 0.29) is 0 Å². The maximum absolute atomic E-state index is 5.75. The monoisotopic (exact) mass is 982 g/mol. The molecule has 2 atom stereocenters. The minimum atomic E-state index is -0.746. The zero-order valence-corrected chi connectivity index (χ0v) is 44.3. The fourth-order valence-corrected chi connectivity index (χ4v) is 11.1. The molecule has 0 saturated heterocycles. The third-order valence-corrected chi connectivity index (χ3v) is 15.6. The fraction of sp³-hybridized carbons (Fsp3) is 0.137. The average Bonchev–Trinajstić information content (AvgIpc) is 3.50. The summed E-state index contributed by atoms with van der Waals surface area (Å²) in [7, 11) is 0. The summed E-state index contributed by atoms with van der Waals surface area (Å²) in [4.78, 5) is 16.1. The lowest BCUT2D eigenvalue weighted by atomic mass is 9.72. The van der Waals surface area contributed by atoms with E-state index in [9.17, 15) is 0 Å². The van der Waals surface area contributed by atoms with E-state index < -0.39 is 10.8 Å². The smallest absolute Gasteiger partial charge is 0.0768 e. The summed E-state index contributed by atoms with van der Waals surface area (Å²) >= 11 is 0. The van der Waals surface area contributed by atoms with Crippen LogP contribution in [0.15, 0.2) is 261 Å². The maximum Gasteiger partial charge on any atom is 0.0768 e. The Balaban J connectivity index is 1.06. The number of pyridine rings is 3. The van der Waals surface area contributed by atoms with Gasteiger partial charge in [0.15, 0.2) is 0 Å². The van der Waals surface area contributed by atoms with Gasteiger partial charge in [-0.25, -0.2) is 0 Å². The zero-order chi connectivity index (χ0) is 52.2. The molecule has 0 aliphatic rings. The van der Waals surface area contributed by atoms with Crippen LogP contribution in [0.4, 0.5) is 0 Å². The molecule has 11 aromatic rings. The Morgan fingerprint density at radius 1 is 0.289 bits per heavy atom. The van der Waals surface area contributed by atoms with Crippen LogP contribution in [0.3, 0.4) is 0 Å². The van der Waals surface area contributed by atoms with Gasteiger partial charge in [0.25, 0.3) is 0 Å². The predicted octanol–water partition coefficient (Wildman–Crippen LogP) is 18.8. The van der Waals surface area contributed by atoms with E-state index in [1.165, 1.54) is 44.5 Å². The van der Waals surface area contributed by atoms with Crippen molar-refractivity contribution >= 4 is 0 Å². The van der Waals surface area contributed by atoms with Crippen molar-refractivity contribution in [2.45, 2.75) is 64.2 Å². The number of nitrogens with zero attached hydrogens (tertiary/aromatic N) is 3. The number of rotatable bonds is 14. The zero-order valence-electron chi connectivity index (χ0n) is 44.3. The minimum Gasteiger partial charge on any atom is -0.260 e. The third-order valence-electron chi connectivity index (χ3n) is 15.6. The van der Waals surface area contributed by atoms with Crippen molar-refractivity contribution < 1.29 is 0 Å². The summed E-state index contributed by atoms with van der Waals surface area (Å²) in [6, 6.07) is 89.7. The van der Waals surface area contributed by atoms with Crippen LogP contribution in [0.1, 0.15) is 98.3 Å². The Morgan fingerprint density at radius 2 is 0.724 bits per heavy atom. The van der Waals surface area contributed by atoms with Gasteiger partial charge in [0.2, 0.25) is 0 Å². The molecule has 2 unspecified atom stereocenters. The lowest BCUT2D eigenvalue weighted by Gasteiger charge is -2.32. The first-order valence-corrected chi connectivity index (χ1v) is 26.7. The van der Waals surface area contributed by atoms with Crippen molar-refractivity contribution in [2.75, 3.05) is 0 Å². The van der Waals surface area contributed by atoms with Gasteiger partial charge in [-0.2, -0.15) is 0 Å².